The topological polar surface area (TPSA) is 99.9 Å². The molecule has 34 heavy (non-hydrogen) atoms. The van der Waals surface area contributed by atoms with Gasteiger partial charge in [-0.25, -0.2) is 4.98 Å². The molecule has 174 valence electrons. The van der Waals surface area contributed by atoms with Crippen LogP contribution in [0.4, 0.5) is 0 Å². The summed E-state index contributed by atoms with van der Waals surface area (Å²) in [6.07, 6.45) is 12.7. The van der Waals surface area contributed by atoms with Crippen molar-refractivity contribution in [1.82, 2.24) is 25.4 Å². The molecule has 7 heteroatoms. The number of dihydropyridines is 1. The fraction of sp³-hybridized carbons (Fsp3) is 0.370. The van der Waals surface area contributed by atoms with Crippen molar-refractivity contribution in [3.8, 4) is 0 Å². The van der Waals surface area contributed by atoms with Crippen molar-refractivity contribution in [2.45, 2.75) is 63.5 Å². The Morgan fingerprint density at radius 1 is 1.21 bits per heavy atom. The molecule has 3 unspecified atom stereocenters. The molecule has 4 heterocycles. The molecular weight excluding hydrogens is 426 g/mol. The molecule has 0 aromatic carbocycles. The van der Waals surface area contributed by atoms with Gasteiger partial charge in [0.15, 0.2) is 5.60 Å². The Morgan fingerprint density at radius 2 is 2.06 bits per heavy atom. The number of aromatic amines is 1. The number of fused-ring (bicyclic) bond motifs is 1. The van der Waals surface area contributed by atoms with Crippen LogP contribution in [0.1, 0.15) is 66.6 Å². The van der Waals surface area contributed by atoms with E-state index < -0.39 is 5.60 Å². The summed E-state index contributed by atoms with van der Waals surface area (Å²) in [6, 6.07) is 5.62. The lowest BCUT2D eigenvalue weighted by atomic mass is 9.73. The van der Waals surface area contributed by atoms with Crippen molar-refractivity contribution < 1.29 is 9.63 Å². The number of aliphatic hydroxyl groups is 1. The summed E-state index contributed by atoms with van der Waals surface area (Å²) in [7, 11) is 0. The Balaban J connectivity index is 1.63. The third kappa shape index (κ3) is 3.26. The van der Waals surface area contributed by atoms with Crippen molar-refractivity contribution in [3.05, 3.63) is 87.6 Å². The van der Waals surface area contributed by atoms with Crippen LogP contribution in [0.5, 0.6) is 0 Å². The normalized spacial score (nSPS) is 23.5. The molecule has 0 saturated heterocycles. The maximum atomic E-state index is 12.7. The van der Waals surface area contributed by atoms with Crippen LogP contribution in [-0.2, 0) is 5.60 Å². The van der Waals surface area contributed by atoms with Gasteiger partial charge in [-0.05, 0) is 70.0 Å². The first-order chi connectivity index (χ1) is 16.5. The molecule has 7 nitrogen and oxygen atoms in total. The third-order valence-electron chi connectivity index (χ3n) is 7.33. The summed E-state index contributed by atoms with van der Waals surface area (Å²) >= 11 is 0. The summed E-state index contributed by atoms with van der Waals surface area (Å²) in [4.78, 5) is 13.3. The average Bonchev–Trinajstić information content (AvgIpc) is 3.53. The van der Waals surface area contributed by atoms with E-state index >= 15 is 0 Å². The average molecular weight is 456 g/mol. The van der Waals surface area contributed by atoms with E-state index in [4.69, 9.17) is 9.51 Å². The van der Waals surface area contributed by atoms with E-state index in [-0.39, 0.29) is 12.0 Å². The molecule has 1 fully saturated rings. The third-order valence-corrected chi connectivity index (χ3v) is 7.33. The second-order valence-corrected chi connectivity index (χ2v) is 9.65. The molecule has 0 radical (unpaired) electrons. The largest absolute Gasteiger partial charge is 0.385 e. The molecule has 3 atom stereocenters. The first kappa shape index (κ1) is 21.1. The molecular formula is C27H29N5O2. The lowest BCUT2D eigenvalue weighted by molar-refractivity contribution is 0.122. The van der Waals surface area contributed by atoms with Gasteiger partial charge in [-0.2, -0.15) is 0 Å². The summed E-state index contributed by atoms with van der Waals surface area (Å²) in [5.41, 5.74) is 2.82. The maximum absolute atomic E-state index is 12.7. The van der Waals surface area contributed by atoms with E-state index in [2.05, 4.69) is 33.4 Å². The molecule has 0 spiro atoms. The van der Waals surface area contributed by atoms with Gasteiger partial charge in [0.1, 0.15) is 11.6 Å². The van der Waals surface area contributed by atoms with Gasteiger partial charge in [-0.15, -0.1) is 0 Å². The first-order valence-electron chi connectivity index (χ1n) is 12.0. The van der Waals surface area contributed by atoms with E-state index in [0.29, 0.717) is 18.0 Å². The van der Waals surface area contributed by atoms with Crippen LogP contribution in [0.15, 0.2) is 52.8 Å². The standard InChI is InChI=1S/C27H29N5O2/c1-15-20(7-6-12-28-15)27(33,23-8-4-5-11-29-23)21-13-19(24-16(2)32-34-17(24)3)14-22-25(21)31-26(30-22)18-9-10-18/h4-8,11-12,14-15,18-19,28,33H,9-10,13H2,1-3H3,(H,30,31). The highest BCUT2D eigenvalue weighted by atomic mass is 16.5. The van der Waals surface area contributed by atoms with Gasteiger partial charge < -0.3 is 19.9 Å². The molecule has 6 rings (SSSR count). The number of nitrogens with one attached hydrogen (secondary N) is 2. The van der Waals surface area contributed by atoms with Gasteiger partial charge >= 0.3 is 0 Å². The van der Waals surface area contributed by atoms with Gasteiger partial charge in [0.05, 0.1) is 22.1 Å². The number of hydrogen-bond acceptors (Lipinski definition) is 6. The molecule has 3 aliphatic rings. The Bertz CT molecular complexity index is 1410. The van der Waals surface area contributed by atoms with Crippen molar-refractivity contribution in [2.75, 3.05) is 0 Å². The van der Waals surface area contributed by atoms with Crippen molar-refractivity contribution >= 4 is 11.6 Å². The van der Waals surface area contributed by atoms with Crippen LogP contribution in [0.25, 0.3) is 11.6 Å². The highest BCUT2D eigenvalue weighted by Crippen LogP contribution is 2.45. The number of allylic oxidation sites excluding steroid dienone is 2. The monoisotopic (exact) mass is 455 g/mol. The first-order valence-corrected chi connectivity index (χ1v) is 12.0. The second-order valence-electron chi connectivity index (χ2n) is 9.65. The quantitative estimate of drug-likeness (QED) is 0.547. The predicted octanol–water partition coefficient (Wildman–Crippen LogP) is 2.73. The Kier molecular flexibility index (Phi) is 4.85. The fourth-order valence-electron chi connectivity index (χ4n) is 5.48. The molecule has 3 aromatic rings. The van der Waals surface area contributed by atoms with Crippen LogP contribution in [0.3, 0.4) is 0 Å². The SMILES string of the molecule is Cc1noc(C)c1C1C=c2[nH]c(C3CC3)nc2=C(C(O)(C2=CC=CNC2C)c2ccccn2)C1. The number of aromatic nitrogens is 4. The number of hydrogen-bond donors (Lipinski definition) is 3. The number of aryl methyl sites for hydroxylation is 2. The fourth-order valence-corrected chi connectivity index (χ4v) is 5.48. The molecule has 0 bridgehead atoms. The summed E-state index contributed by atoms with van der Waals surface area (Å²) in [5, 5.41) is 22.1. The van der Waals surface area contributed by atoms with Crippen molar-refractivity contribution in [1.29, 1.82) is 0 Å². The molecule has 1 aliphatic heterocycles. The highest BCUT2D eigenvalue weighted by Gasteiger charge is 2.44. The van der Waals surface area contributed by atoms with Gasteiger partial charge in [0.25, 0.3) is 0 Å². The van der Waals surface area contributed by atoms with Gasteiger partial charge in [0, 0.05) is 35.2 Å². The van der Waals surface area contributed by atoms with E-state index in [1.54, 1.807) is 6.20 Å². The van der Waals surface area contributed by atoms with Crippen LogP contribution < -0.4 is 16.0 Å². The van der Waals surface area contributed by atoms with Gasteiger partial charge in [-0.1, -0.05) is 23.4 Å². The Morgan fingerprint density at radius 3 is 2.74 bits per heavy atom. The second kappa shape index (κ2) is 7.81. The lowest BCUT2D eigenvalue weighted by Gasteiger charge is -2.38. The van der Waals surface area contributed by atoms with E-state index in [1.165, 1.54) is 0 Å². The van der Waals surface area contributed by atoms with Gasteiger partial charge in [0.2, 0.25) is 0 Å². The maximum Gasteiger partial charge on any atom is 0.154 e. The van der Waals surface area contributed by atoms with Crippen LogP contribution >= 0.6 is 0 Å². The minimum absolute atomic E-state index is 0.000474. The Labute approximate surface area is 198 Å². The van der Waals surface area contributed by atoms with E-state index in [9.17, 15) is 5.11 Å². The highest BCUT2D eigenvalue weighted by molar-refractivity contribution is 5.68. The number of pyridine rings is 1. The van der Waals surface area contributed by atoms with Crippen LogP contribution in [0.2, 0.25) is 0 Å². The molecule has 1 saturated carbocycles. The smallest absolute Gasteiger partial charge is 0.154 e. The van der Waals surface area contributed by atoms with Crippen molar-refractivity contribution in [2.24, 2.45) is 0 Å². The minimum atomic E-state index is -1.42. The lowest BCUT2D eigenvalue weighted by Crippen LogP contribution is -2.46. The predicted molar refractivity (Wildman–Crippen MR) is 129 cm³/mol. The minimum Gasteiger partial charge on any atom is -0.385 e. The number of H-pyrrole nitrogens is 1. The number of nitrogens with zero attached hydrogens (tertiary/aromatic N) is 3. The van der Waals surface area contributed by atoms with E-state index in [0.717, 1.165) is 57.5 Å². The van der Waals surface area contributed by atoms with Crippen LogP contribution in [-0.4, -0.2) is 31.3 Å². The molecule has 3 aromatic heterocycles. The zero-order chi connectivity index (χ0) is 23.4. The summed E-state index contributed by atoms with van der Waals surface area (Å²) in [6.45, 7) is 5.99. The number of imidazole rings is 1. The van der Waals surface area contributed by atoms with Crippen molar-refractivity contribution in [3.63, 3.8) is 0 Å². The summed E-state index contributed by atoms with van der Waals surface area (Å²) < 4.78 is 5.52. The molecule has 3 N–H and O–H groups in total. The zero-order valence-corrected chi connectivity index (χ0v) is 19.7. The molecule has 0 amide bonds. The zero-order valence-electron chi connectivity index (χ0n) is 19.7. The van der Waals surface area contributed by atoms with E-state index in [1.807, 2.05) is 50.4 Å². The molecule has 2 aliphatic carbocycles. The van der Waals surface area contributed by atoms with Crippen LogP contribution in [0, 0.1) is 13.8 Å². The Hall–Kier alpha value is -3.45. The summed E-state index contributed by atoms with van der Waals surface area (Å²) in [5.74, 6) is 2.28. The van der Waals surface area contributed by atoms with Gasteiger partial charge in [-0.3, -0.25) is 4.98 Å². The number of rotatable bonds is 5.